The Balaban J connectivity index is 1.54. The normalized spacial score (nSPS) is 20.8. The lowest BCUT2D eigenvalue weighted by atomic mass is 9.82. The van der Waals surface area contributed by atoms with Gasteiger partial charge in [-0.2, -0.15) is 5.10 Å². The Hall–Kier alpha value is -3.69. The number of carbonyl (C=O) groups is 2. The number of hydrogen-bond acceptors (Lipinski definition) is 6. The summed E-state index contributed by atoms with van der Waals surface area (Å²) in [4.78, 5) is 53.2. The minimum atomic E-state index is -0.624. The van der Waals surface area contributed by atoms with Crippen molar-refractivity contribution in [3.63, 3.8) is 0 Å². The third kappa shape index (κ3) is 3.86. The van der Waals surface area contributed by atoms with Gasteiger partial charge in [-0.15, -0.1) is 0 Å². The molecule has 1 aromatic heterocycles. The second-order valence-electron chi connectivity index (χ2n) is 9.70. The van der Waals surface area contributed by atoms with Gasteiger partial charge in [0.25, 0.3) is 11.1 Å². The summed E-state index contributed by atoms with van der Waals surface area (Å²) < 4.78 is 8.43. The van der Waals surface area contributed by atoms with Crippen molar-refractivity contribution in [3.05, 3.63) is 62.6 Å². The maximum Gasteiger partial charge on any atom is 0.341 e. The summed E-state index contributed by atoms with van der Waals surface area (Å²) in [5.41, 5.74) is 1.14. The average molecular weight is 480 g/mol. The van der Waals surface area contributed by atoms with E-state index >= 15 is 0 Å². The van der Waals surface area contributed by atoms with Crippen molar-refractivity contribution in [2.24, 2.45) is 11.8 Å². The predicted molar refractivity (Wildman–Crippen MR) is 127 cm³/mol. The fourth-order valence-electron chi connectivity index (χ4n) is 5.63. The number of likely N-dealkylation sites (tertiary alicyclic amines) is 1. The van der Waals surface area contributed by atoms with Gasteiger partial charge in [0.2, 0.25) is 5.91 Å². The molecule has 4 atom stereocenters. The predicted octanol–water partition coefficient (Wildman–Crippen LogP) is 1.86. The van der Waals surface area contributed by atoms with Crippen molar-refractivity contribution >= 4 is 11.9 Å². The molecule has 0 unspecified atom stereocenters. The first-order valence-corrected chi connectivity index (χ1v) is 12.0. The molecule has 35 heavy (non-hydrogen) atoms. The number of nitrogens with one attached hydrogen (secondary N) is 1. The number of ether oxygens (including phenoxy) is 1. The molecular formula is C25H29N5O5. The lowest BCUT2D eigenvalue weighted by Crippen LogP contribution is -2.51. The Morgan fingerprint density at radius 3 is 2.74 bits per heavy atom. The van der Waals surface area contributed by atoms with E-state index in [0.29, 0.717) is 19.6 Å². The number of nitrogens with zero attached hydrogens (tertiary/aromatic N) is 4. The summed E-state index contributed by atoms with van der Waals surface area (Å²) in [6.45, 7) is 5.69. The summed E-state index contributed by atoms with van der Waals surface area (Å²) in [5.74, 6) is -0.451. The molecule has 4 aliphatic rings. The van der Waals surface area contributed by atoms with Crippen molar-refractivity contribution in [2.75, 3.05) is 20.2 Å². The van der Waals surface area contributed by atoms with Crippen LogP contribution in [0.25, 0.3) is 11.3 Å². The van der Waals surface area contributed by atoms with Crippen LogP contribution in [0.15, 0.2) is 40.2 Å². The van der Waals surface area contributed by atoms with Crippen molar-refractivity contribution in [1.82, 2.24) is 24.2 Å². The van der Waals surface area contributed by atoms with Crippen LogP contribution in [0.1, 0.15) is 54.7 Å². The number of pyridine rings is 2. The van der Waals surface area contributed by atoms with Crippen LogP contribution >= 0.6 is 0 Å². The summed E-state index contributed by atoms with van der Waals surface area (Å²) in [6, 6.07) is 4.72. The van der Waals surface area contributed by atoms with Gasteiger partial charge in [-0.05, 0) is 24.3 Å². The van der Waals surface area contributed by atoms with Crippen molar-refractivity contribution in [2.45, 2.75) is 45.2 Å². The largest absolute Gasteiger partial charge is 0.465 e. The van der Waals surface area contributed by atoms with Crippen LogP contribution < -0.4 is 11.1 Å². The standard InChI is InChI=1S/C25H29N5O5/c1-4-14(2)22(28-12-17-21(26-27-23(17)32)18(13-28)25(34)35-3)24(33)29-9-15-8-16(11-29)19-6-5-7-20(31)30(19)10-15/h5-7,12-16,22H,4,8-11H2,1-3H3,(H,27,32)/t14-,15-,16+,22+/m1/s1. The van der Waals surface area contributed by atoms with Gasteiger partial charge >= 0.3 is 5.97 Å². The zero-order valence-electron chi connectivity index (χ0n) is 20.1. The zero-order chi connectivity index (χ0) is 24.9. The van der Waals surface area contributed by atoms with Crippen molar-refractivity contribution in [1.29, 1.82) is 0 Å². The van der Waals surface area contributed by atoms with E-state index in [2.05, 4.69) is 10.2 Å². The Morgan fingerprint density at radius 1 is 1.20 bits per heavy atom. The average Bonchev–Trinajstić information content (AvgIpc) is 3.24. The first-order chi connectivity index (χ1) is 16.8. The number of aromatic amines is 1. The van der Waals surface area contributed by atoms with Gasteiger partial charge < -0.3 is 18.8 Å². The van der Waals surface area contributed by atoms with Crippen LogP contribution in [0.5, 0.6) is 0 Å². The zero-order valence-corrected chi connectivity index (χ0v) is 20.1. The fraction of sp³-hybridized carbons (Fsp3) is 0.480. The number of fused-ring (bicyclic) bond motifs is 5. The maximum atomic E-state index is 14.0. The fourth-order valence-corrected chi connectivity index (χ4v) is 5.63. The molecule has 0 spiro atoms. The smallest absolute Gasteiger partial charge is 0.341 e. The van der Waals surface area contributed by atoms with Gasteiger partial charge in [0, 0.05) is 49.7 Å². The van der Waals surface area contributed by atoms with E-state index < -0.39 is 17.6 Å². The van der Waals surface area contributed by atoms with Crippen LogP contribution in [0.3, 0.4) is 0 Å². The molecule has 5 rings (SSSR count). The molecule has 184 valence electrons. The molecule has 1 fully saturated rings. The molecule has 1 N–H and O–H groups in total. The minimum absolute atomic E-state index is 0.00202. The number of amides is 1. The molecule has 0 aliphatic carbocycles. The molecule has 0 radical (unpaired) electrons. The van der Waals surface area contributed by atoms with E-state index in [4.69, 9.17) is 4.74 Å². The molecule has 0 saturated carbocycles. The molecule has 1 saturated heterocycles. The Bertz CT molecular complexity index is 1370. The summed E-state index contributed by atoms with van der Waals surface area (Å²) in [5, 5.41) is 6.37. The highest BCUT2D eigenvalue weighted by Gasteiger charge is 2.40. The van der Waals surface area contributed by atoms with Crippen LogP contribution in [-0.4, -0.2) is 56.3 Å². The summed E-state index contributed by atoms with van der Waals surface area (Å²) in [6.07, 6.45) is 4.83. The van der Waals surface area contributed by atoms with E-state index in [-0.39, 0.29) is 46.0 Å². The monoisotopic (exact) mass is 479 g/mol. The number of hydrogen-bond donors (Lipinski definition) is 1. The third-order valence-electron chi connectivity index (χ3n) is 7.53. The minimum Gasteiger partial charge on any atom is -0.465 e. The quantitative estimate of drug-likeness (QED) is 0.558. The second-order valence-corrected chi connectivity index (χ2v) is 9.70. The lowest BCUT2D eigenvalue weighted by molar-refractivity contribution is -0.139. The molecular weight excluding hydrogens is 450 g/mol. The topological polar surface area (TPSA) is 119 Å². The SMILES string of the molecule is CC[C@@H](C)[C@@H](C(=O)N1C[C@H]2C[C@@H](C1)c1cccc(=O)n1C2)n1cc(C(=O)OC)c2n[nH]c(=O)c-2c1. The first-order valence-electron chi connectivity index (χ1n) is 12.0. The number of esters is 1. The van der Waals surface area contributed by atoms with Crippen molar-refractivity contribution in [3.8, 4) is 11.3 Å². The maximum absolute atomic E-state index is 14.0. The third-order valence-corrected chi connectivity index (χ3v) is 7.53. The molecule has 0 aromatic carbocycles. The Kier molecular flexibility index (Phi) is 5.82. The van der Waals surface area contributed by atoms with E-state index in [9.17, 15) is 19.2 Å². The van der Waals surface area contributed by atoms with E-state index in [1.807, 2.05) is 29.4 Å². The second kappa shape index (κ2) is 8.83. The van der Waals surface area contributed by atoms with Crippen LogP contribution in [0.2, 0.25) is 0 Å². The molecule has 10 nitrogen and oxygen atoms in total. The van der Waals surface area contributed by atoms with Crippen LogP contribution in [-0.2, 0) is 16.1 Å². The highest BCUT2D eigenvalue weighted by atomic mass is 16.5. The number of rotatable bonds is 5. The number of carbonyl (C=O) groups excluding carboxylic acids is 2. The van der Waals surface area contributed by atoms with Gasteiger partial charge in [0.05, 0.1) is 12.7 Å². The van der Waals surface area contributed by atoms with Gasteiger partial charge in [0.15, 0.2) is 0 Å². The van der Waals surface area contributed by atoms with Gasteiger partial charge in [-0.3, -0.25) is 14.4 Å². The van der Waals surface area contributed by atoms with E-state index in [0.717, 1.165) is 18.5 Å². The first kappa shape index (κ1) is 23.1. The van der Waals surface area contributed by atoms with Crippen LogP contribution in [0.4, 0.5) is 0 Å². The van der Waals surface area contributed by atoms with E-state index in [1.165, 1.54) is 7.11 Å². The van der Waals surface area contributed by atoms with Gasteiger partial charge in [-0.1, -0.05) is 26.3 Å². The number of aromatic nitrogens is 4. The highest BCUT2D eigenvalue weighted by Crippen LogP contribution is 2.37. The van der Waals surface area contributed by atoms with E-state index in [1.54, 1.807) is 29.1 Å². The number of H-pyrrole nitrogens is 1. The molecule has 2 bridgehead atoms. The Morgan fingerprint density at radius 2 is 2.00 bits per heavy atom. The molecule has 4 aliphatic heterocycles. The molecule has 1 amide bonds. The molecule has 10 heteroatoms. The van der Waals surface area contributed by atoms with Crippen LogP contribution in [0, 0.1) is 11.8 Å². The number of piperidine rings is 1. The lowest BCUT2D eigenvalue weighted by Gasteiger charge is -2.44. The molecule has 1 aromatic rings. The molecule has 5 heterocycles. The van der Waals surface area contributed by atoms with Gasteiger partial charge in [-0.25, -0.2) is 9.89 Å². The Labute approximate surface area is 201 Å². The van der Waals surface area contributed by atoms with Gasteiger partial charge in [0.1, 0.15) is 17.3 Å². The summed E-state index contributed by atoms with van der Waals surface area (Å²) >= 11 is 0. The summed E-state index contributed by atoms with van der Waals surface area (Å²) in [7, 11) is 1.27. The number of methoxy groups -OCH3 is 1. The highest BCUT2D eigenvalue weighted by molar-refractivity contribution is 5.96. The van der Waals surface area contributed by atoms with Crippen molar-refractivity contribution < 1.29 is 14.3 Å².